The normalized spacial score (nSPS) is 30.3. The maximum atomic E-state index is 13.2. The Labute approximate surface area is 191 Å². The molecule has 176 valence electrons. The fraction of sp³-hybridized carbons (Fsp3) is 0.708. The molecule has 0 N–H and O–H groups in total. The molecule has 3 saturated carbocycles. The SMILES string of the molecule is COc1cc(B2O[C@@H]3CC4CC(C4(C)C)[C@]3(C)O2)c(OC)c(C(=O)OC(C)(C)C)c1OC. The molecular weight excluding hydrogens is 411 g/mol. The van der Waals surface area contributed by atoms with E-state index in [0.717, 1.165) is 12.8 Å². The Balaban J connectivity index is 1.78. The van der Waals surface area contributed by atoms with Gasteiger partial charge in [-0.25, -0.2) is 4.79 Å². The van der Waals surface area contributed by atoms with Gasteiger partial charge in [0.05, 0.1) is 33.0 Å². The van der Waals surface area contributed by atoms with E-state index in [4.69, 9.17) is 28.3 Å². The lowest BCUT2D eigenvalue weighted by Gasteiger charge is -2.64. The molecule has 0 radical (unpaired) electrons. The molecule has 2 bridgehead atoms. The van der Waals surface area contributed by atoms with Gasteiger partial charge in [-0.15, -0.1) is 0 Å². The van der Waals surface area contributed by atoms with Crippen LogP contribution >= 0.6 is 0 Å². The molecule has 4 aliphatic rings. The average molecular weight is 446 g/mol. The van der Waals surface area contributed by atoms with Crippen LogP contribution in [-0.4, -0.2) is 51.7 Å². The fourth-order valence-electron chi connectivity index (χ4n) is 5.91. The molecule has 2 unspecified atom stereocenters. The van der Waals surface area contributed by atoms with Crippen molar-refractivity contribution >= 4 is 18.6 Å². The van der Waals surface area contributed by atoms with E-state index < -0.39 is 24.3 Å². The Bertz CT molecular complexity index is 922. The lowest BCUT2D eigenvalue weighted by molar-refractivity contribution is -0.199. The summed E-state index contributed by atoms with van der Waals surface area (Å²) in [6.07, 6.45) is 2.11. The highest BCUT2D eigenvalue weighted by molar-refractivity contribution is 6.63. The molecule has 32 heavy (non-hydrogen) atoms. The van der Waals surface area contributed by atoms with Crippen LogP contribution in [0.25, 0.3) is 0 Å². The van der Waals surface area contributed by atoms with Crippen LogP contribution < -0.4 is 19.7 Å². The number of carbonyl (C=O) groups is 1. The van der Waals surface area contributed by atoms with E-state index in [1.807, 2.05) is 20.8 Å². The Morgan fingerprint density at radius 3 is 2.25 bits per heavy atom. The fourth-order valence-corrected chi connectivity index (χ4v) is 5.91. The predicted molar refractivity (Wildman–Crippen MR) is 121 cm³/mol. The van der Waals surface area contributed by atoms with Crippen molar-refractivity contribution in [3.05, 3.63) is 11.6 Å². The standard InChI is InChI=1S/C24H35BO7/c1-22(2,3)30-21(26)18-19(28-8)14(12-15(27-7)20(18)29-9)25-31-17-11-13-10-16(23(13,4)5)24(17,6)32-25/h12-13,16-17H,10-11H2,1-9H3/t13?,16?,17-,24+/m1/s1. The van der Waals surface area contributed by atoms with Crippen LogP contribution in [0, 0.1) is 17.3 Å². The number of hydrogen-bond acceptors (Lipinski definition) is 7. The second-order valence-corrected chi connectivity index (χ2v) is 10.9. The van der Waals surface area contributed by atoms with Crippen LogP contribution in [0.2, 0.25) is 0 Å². The summed E-state index contributed by atoms with van der Waals surface area (Å²) in [4.78, 5) is 13.2. The van der Waals surface area contributed by atoms with E-state index in [0.29, 0.717) is 28.8 Å². The van der Waals surface area contributed by atoms with Crippen LogP contribution in [0.1, 0.15) is 64.7 Å². The van der Waals surface area contributed by atoms with Gasteiger partial charge in [-0.3, -0.25) is 0 Å². The van der Waals surface area contributed by atoms with E-state index in [1.165, 1.54) is 21.3 Å². The zero-order valence-corrected chi connectivity index (χ0v) is 20.7. The predicted octanol–water partition coefficient (Wildman–Crippen LogP) is 3.60. The van der Waals surface area contributed by atoms with E-state index in [-0.39, 0.29) is 22.8 Å². The van der Waals surface area contributed by atoms with Crippen molar-refractivity contribution in [1.29, 1.82) is 0 Å². The van der Waals surface area contributed by atoms with Crippen LogP contribution in [0.5, 0.6) is 17.2 Å². The minimum atomic E-state index is -0.689. The van der Waals surface area contributed by atoms with E-state index >= 15 is 0 Å². The molecule has 0 amide bonds. The van der Waals surface area contributed by atoms with Gasteiger partial charge in [0.15, 0.2) is 11.5 Å². The molecule has 3 aliphatic carbocycles. The third-order valence-corrected chi connectivity index (χ3v) is 7.66. The summed E-state index contributed by atoms with van der Waals surface area (Å²) in [5.74, 6) is 1.46. The van der Waals surface area contributed by atoms with Gasteiger partial charge in [-0.1, -0.05) is 13.8 Å². The van der Waals surface area contributed by atoms with Crippen LogP contribution in [0.3, 0.4) is 0 Å². The van der Waals surface area contributed by atoms with Crippen LogP contribution in [0.15, 0.2) is 6.07 Å². The maximum Gasteiger partial charge on any atom is 0.498 e. The second kappa shape index (κ2) is 7.56. The molecule has 1 aliphatic heterocycles. The van der Waals surface area contributed by atoms with Gasteiger partial charge in [0, 0.05) is 5.46 Å². The van der Waals surface area contributed by atoms with Crippen molar-refractivity contribution in [3.63, 3.8) is 0 Å². The molecular formula is C24H35BO7. The third kappa shape index (κ3) is 3.38. The first-order valence-electron chi connectivity index (χ1n) is 11.3. The summed E-state index contributed by atoms with van der Waals surface area (Å²) in [6.45, 7) is 12.2. The zero-order chi connectivity index (χ0) is 23.6. The molecule has 1 aromatic carbocycles. The third-order valence-electron chi connectivity index (χ3n) is 7.66. The Hall–Kier alpha value is -1.93. The Morgan fingerprint density at radius 2 is 1.72 bits per heavy atom. The molecule has 0 spiro atoms. The monoisotopic (exact) mass is 446 g/mol. The van der Waals surface area contributed by atoms with E-state index in [2.05, 4.69) is 20.8 Å². The van der Waals surface area contributed by atoms with Crippen molar-refractivity contribution in [2.45, 2.75) is 71.7 Å². The van der Waals surface area contributed by atoms with Gasteiger partial charge in [0.25, 0.3) is 0 Å². The number of carbonyl (C=O) groups excluding carboxylic acids is 1. The van der Waals surface area contributed by atoms with Gasteiger partial charge in [0.1, 0.15) is 16.9 Å². The molecule has 1 aromatic rings. The van der Waals surface area contributed by atoms with Gasteiger partial charge < -0.3 is 28.3 Å². The van der Waals surface area contributed by atoms with E-state index in [1.54, 1.807) is 6.07 Å². The number of benzene rings is 1. The average Bonchev–Trinajstić information content (AvgIpc) is 3.07. The highest BCUT2D eigenvalue weighted by Crippen LogP contribution is 2.65. The van der Waals surface area contributed by atoms with Crippen LogP contribution in [0.4, 0.5) is 0 Å². The lowest BCUT2D eigenvalue weighted by Crippen LogP contribution is -2.65. The first kappa shape index (κ1) is 23.2. The highest BCUT2D eigenvalue weighted by atomic mass is 16.7. The van der Waals surface area contributed by atoms with Crippen LogP contribution in [-0.2, 0) is 14.0 Å². The largest absolute Gasteiger partial charge is 0.498 e. The Kier molecular flexibility index (Phi) is 5.49. The smallest absolute Gasteiger partial charge is 0.496 e. The lowest BCUT2D eigenvalue weighted by atomic mass is 9.43. The molecule has 1 saturated heterocycles. The van der Waals surface area contributed by atoms with Crippen molar-refractivity contribution in [2.75, 3.05) is 21.3 Å². The summed E-state index contributed by atoms with van der Waals surface area (Å²) in [7, 11) is 3.85. The van der Waals surface area contributed by atoms with Gasteiger partial charge in [-0.05, 0) is 63.9 Å². The van der Waals surface area contributed by atoms with Gasteiger partial charge >= 0.3 is 13.1 Å². The summed E-state index contributed by atoms with van der Waals surface area (Å²) in [5.41, 5.74) is -0.0982. The number of methoxy groups -OCH3 is 3. The summed E-state index contributed by atoms with van der Waals surface area (Å²) >= 11 is 0. The summed E-state index contributed by atoms with van der Waals surface area (Å²) in [6, 6.07) is 1.77. The molecule has 4 fully saturated rings. The zero-order valence-electron chi connectivity index (χ0n) is 20.7. The van der Waals surface area contributed by atoms with Crippen molar-refractivity contribution in [2.24, 2.45) is 17.3 Å². The molecule has 0 aromatic heterocycles. The minimum absolute atomic E-state index is 0.00736. The van der Waals surface area contributed by atoms with Crippen molar-refractivity contribution in [1.82, 2.24) is 0 Å². The number of esters is 1. The molecule has 7 nitrogen and oxygen atoms in total. The molecule has 5 rings (SSSR count). The van der Waals surface area contributed by atoms with E-state index in [9.17, 15) is 4.79 Å². The minimum Gasteiger partial charge on any atom is -0.496 e. The first-order valence-corrected chi connectivity index (χ1v) is 11.3. The summed E-state index contributed by atoms with van der Waals surface area (Å²) in [5, 5.41) is 0. The summed E-state index contributed by atoms with van der Waals surface area (Å²) < 4.78 is 35.6. The Morgan fingerprint density at radius 1 is 1.06 bits per heavy atom. The maximum absolute atomic E-state index is 13.2. The quantitative estimate of drug-likeness (QED) is 0.506. The molecule has 8 heteroatoms. The first-order chi connectivity index (χ1) is 14.9. The number of hydrogen-bond donors (Lipinski definition) is 0. The molecule has 4 atom stereocenters. The van der Waals surface area contributed by atoms with Gasteiger partial charge in [0.2, 0.25) is 0 Å². The highest BCUT2D eigenvalue weighted by Gasteiger charge is 2.68. The molecule has 1 heterocycles. The number of rotatable bonds is 5. The number of ether oxygens (including phenoxy) is 4. The van der Waals surface area contributed by atoms with Crippen molar-refractivity contribution in [3.8, 4) is 17.2 Å². The van der Waals surface area contributed by atoms with Gasteiger partial charge in [-0.2, -0.15) is 0 Å². The van der Waals surface area contributed by atoms with Crippen molar-refractivity contribution < 1.29 is 33.1 Å². The topological polar surface area (TPSA) is 72.5 Å². The second-order valence-electron chi connectivity index (χ2n) is 10.9.